The van der Waals surface area contributed by atoms with Crippen molar-refractivity contribution in [3.05, 3.63) is 50.8 Å². The number of amides is 1. The van der Waals surface area contributed by atoms with Gasteiger partial charge in [-0.1, -0.05) is 29.3 Å². The van der Waals surface area contributed by atoms with E-state index in [1.54, 1.807) is 32.0 Å². The predicted octanol–water partition coefficient (Wildman–Crippen LogP) is 2.80. The first-order valence-electron chi connectivity index (χ1n) is 6.33. The second-order valence-electron chi connectivity index (χ2n) is 4.67. The SMILES string of the molecule is Cc1n[nH]c(C)c1C(=O)NCC(O)c1c(Cl)cccc1Cl. The molecule has 0 spiro atoms. The van der Waals surface area contributed by atoms with Crippen molar-refractivity contribution in [2.45, 2.75) is 20.0 Å². The lowest BCUT2D eigenvalue weighted by Gasteiger charge is -2.15. The molecule has 1 amide bonds. The van der Waals surface area contributed by atoms with E-state index in [0.717, 1.165) is 0 Å². The van der Waals surface area contributed by atoms with Gasteiger partial charge in [0.2, 0.25) is 0 Å². The van der Waals surface area contributed by atoms with Crippen LogP contribution in [-0.4, -0.2) is 27.8 Å². The number of aromatic amines is 1. The Morgan fingerprint density at radius 3 is 2.52 bits per heavy atom. The quantitative estimate of drug-likeness (QED) is 0.808. The molecule has 2 aromatic rings. The van der Waals surface area contributed by atoms with E-state index in [4.69, 9.17) is 23.2 Å². The zero-order valence-electron chi connectivity index (χ0n) is 11.6. The van der Waals surface area contributed by atoms with Crippen LogP contribution in [0.15, 0.2) is 18.2 Å². The molecule has 0 saturated heterocycles. The number of hydrogen-bond donors (Lipinski definition) is 3. The van der Waals surface area contributed by atoms with E-state index >= 15 is 0 Å². The van der Waals surface area contributed by atoms with E-state index in [1.165, 1.54) is 0 Å². The number of aryl methyl sites for hydroxylation is 2. The van der Waals surface area contributed by atoms with E-state index in [1.807, 2.05) is 0 Å². The molecule has 1 unspecified atom stereocenters. The second-order valence-corrected chi connectivity index (χ2v) is 5.48. The van der Waals surface area contributed by atoms with Crippen LogP contribution in [-0.2, 0) is 0 Å². The fraction of sp³-hybridized carbons (Fsp3) is 0.286. The molecule has 0 saturated carbocycles. The maximum Gasteiger partial charge on any atom is 0.255 e. The number of aromatic nitrogens is 2. The van der Waals surface area contributed by atoms with Crippen LogP contribution in [0.3, 0.4) is 0 Å². The summed E-state index contributed by atoms with van der Waals surface area (Å²) < 4.78 is 0. The number of carbonyl (C=O) groups excluding carboxylic acids is 1. The molecule has 112 valence electrons. The molecule has 21 heavy (non-hydrogen) atoms. The lowest BCUT2D eigenvalue weighted by atomic mass is 10.1. The topological polar surface area (TPSA) is 78.0 Å². The average Bonchev–Trinajstić information content (AvgIpc) is 2.75. The molecule has 2 rings (SSSR count). The number of nitrogens with one attached hydrogen (secondary N) is 2. The van der Waals surface area contributed by atoms with Crippen LogP contribution in [0.5, 0.6) is 0 Å². The molecular formula is C14H15Cl2N3O2. The van der Waals surface area contributed by atoms with Gasteiger partial charge in [-0.3, -0.25) is 9.89 Å². The fourth-order valence-electron chi connectivity index (χ4n) is 2.09. The van der Waals surface area contributed by atoms with Crippen molar-refractivity contribution in [1.29, 1.82) is 0 Å². The first-order valence-corrected chi connectivity index (χ1v) is 7.09. The first-order chi connectivity index (χ1) is 9.91. The minimum absolute atomic E-state index is 0.00630. The van der Waals surface area contributed by atoms with Crippen molar-refractivity contribution < 1.29 is 9.90 Å². The van der Waals surface area contributed by atoms with Crippen molar-refractivity contribution in [3.63, 3.8) is 0 Å². The Hall–Kier alpha value is -1.56. The minimum atomic E-state index is -0.984. The van der Waals surface area contributed by atoms with Gasteiger partial charge >= 0.3 is 0 Å². The summed E-state index contributed by atoms with van der Waals surface area (Å²) in [5.74, 6) is -0.305. The number of aliphatic hydroxyl groups excluding tert-OH is 1. The molecular weight excluding hydrogens is 313 g/mol. The van der Waals surface area contributed by atoms with E-state index in [9.17, 15) is 9.90 Å². The summed E-state index contributed by atoms with van der Waals surface area (Å²) in [6, 6.07) is 4.97. The third-order valence-corrected chi connectivity index (χ3v) is 3.80. The summed E-state index contributed by atoms with van der Waals surface area (Å²) >= 11 is 12.0. The van der Waals surface area contributed by atoms with Gasteiger partial charge in [0.25, 0.3) is 5.91 Å². The third-order valence-electron chi connectivity index (χ3n) is 3.14. The molecule has 1 atom stereocenters. The highest BCUT2D eigenvalue weighted by Gasteiger charge is 2.19. The van der Waals surface area contributed by atoms with Crippen LogP contribution in [0, 0.1) is 13.8 Å². The molecule has 0 radical (unpaired) electrons. The van der Waals surface area contributed by atoms with Crippen LogP contribution in [0.2, 0.25) is 10.0 Å². The Kier molecular flexibility index (Phi) is 4.88. The summed E-state index contributed by atoms with van der Waals surface area (Å²) in [5, 5.41) is 20.2. The summed E-state index contributed by atoms with van der Waals surface area (Å²) in [4.78, 5) is 12.1. The van der Waals surface area contributed by atoms with Gasteiger partial charge in [0.05, 0.1) is 17.4 Å². The van der Waals surface area contributed by atoms with Gasteiger partial charge in [-0.05, 0) is 26.0 Å². The Bertz CT molecular complexity index is 630. The molecule has 0 fully saturated rings. The van der Waals surface area contributed by atoms with Crippen molar-refractivity contribution in [2.24, 2.45) is 0 Å². The van der Waals surface area contributed by atoms with Crippen molar-refractivity contribution in [1.82, 2.24) is 15.5 Å². The number of halogens is 2. The van der Waals surface area contributed by atoms with E-state index in [2.05, 4.69) is 15.5 Å². The van der Waals surface area contributed by atoms with E-state index in [-0.39, 0.29) is 12.5 Å². The van der Waals surface area contributed by atoms with Gasteiger partial charge in [-0.2, -0.15) is 5.10 Å². The van der Waals surface area contributed by atoms with Crippen LogP contribution in [0.1, 0.15) is 33.4 Å². The molecule has 0 aliphatic carbocycles. The Labute approximate surface area is 132 Å². The standard InChI is InChI=1S/C14H15Cl2N3O2/c1-7-12(8(2)19-18-7)14(21)17-6-11(20)13-9(15)4-3-5-10(13)16/h3-5,11,20H,6H2,1-2H3,(H,17,21)(H,18,19). The number of carbonyl (C=O) groups is 1. The zero-order chi connectivity index (χ0) is 15.6. The van der Waals surface area contributed by atoms with Crippen molar-refractivity contribution in [2.75, 3.05) is 6.54 Å². The van der Waals surface area contributed by atoms with Crippen LogP contribution >= 0.6 is 23.2 Å². The molecule has 1 aromatic carbocycles. The van der Waals surface area contributed by atoms with Gasteiger partial charge in [0, 0.05) is 27.8 Å². The van der Waals surface area contributed by atoms with Crippen LogP contribution in [0.25, 0.3) is 0 Å². The second kappa shape index (κ2) is 6.47. The van der Waals surface area contributed by atoms with Crippen LogP contribution in [0.4, 0.5) is 0 Å². The Morgan fingerprint density at radius 1 is 1.38 bits per heavy atom. The van der Waals surface area contributed by atoms with Gasteiger partial charge in [-0.15, -0.1) is 0 Å². The van der Waals surface area contributed by atoms with Crippen molar-refractivity contribution >= 4 is 29.1 Å². The molecule has 0 aliphatic heterocycles. The molecule has 1 aromatic heterocycles. The van der Waals surface area contributed by atoms with Gasteiger partial charge in [0.1, 0.15) is 0 Å². The lowest BCUT2D eigenvalue weighted by molar-refractivity contribution is 0.0915. The van der Waals surface area contributed by atoms with Crippen molar-refractivity contribution in [3.8, 4) is 0 Å². The van der Waals surface area contributed by atoms with Gasteiger partial charge in [-0.25, -0.2) is 0 Å². The molecule has 1 heterocycles. The predicted molar refractivity (Wildman–Crippen MR) is 81.8 cm³/mol. The normalized spacial score (nSPS) is 12.2. The maximum absolute atomic E-state index is 12.1. The average molecular weight is 328 g/mol. The van der Waals surface area contributed by atoms with Gasteiger partial charge in [0.15, 0.2) is 0 Å². The van der Waals surface area contributed by atoms with Gasteiger partial charge < -0.3 is 10.4 Å². The fourth-order valence-corrected chi connectivity index (χ4v) is 2.74. The monoisotopic (exact) mass is 327 g/mol. The van der Waals surface area contributed by atoms with E-state index in [0.29, 0.717) is 32.6 Å². The highest BCUT2D eigenvalue weighted by Crippen LogP contribution is 2.29. The third kappa shape index (κ3) is 3.37. The first kappa shape index (κ1) is 15.8. The lowest BCUT2D eigenvalue weighted by Crippen LogP contribution is -2.29. The number of rotatable bonds is 4. The summed E-state index contributed by atoms with van der Waals surface area (Å²) in [6.07, 6.45) is -0.984. The molecule has 0 bridgehead atoms. The van der Waals surface area contributed by atoms with E-state index < -0.39 is 6.10 Å². The highest BCUT2D eigenvalue weighted by atomic mass is 35.5. The van der Waals surface area contributed by atoms with Crippen LogP contribution < -0.4 is 5.32 Å². The Morgan fingerprint density at radius 2 is 2.00 bits per heavy atom. The number of hydrogen-bond acceptors (Lipinski definition) is 3. The molecule has 5 nitrogen and oxygen atoms in total. The number of H-pyrrole nitrogens is 1. The number of benzene rings is 1. The summed E-state index contributed by atoms with van der Waals surface area (Å²) in [5.41, 5.74) is 2.17. The maximum atomic E-state index is 12.1. The molecule has 0 aliphatic rings. The summed E-state index contributed by atoms with van der Waals surface area (Å²) in [7, 11) is 0. The molecule has 3 N–H and O–H groups in total. The largest absolute Gasteiger partial charge is 0.386 e. The Balaban J connectivity index is 2.08. The number of nitrogens with zero attached hydrogens (tertiary/aromatic N) is 1. The minimum Gasteiger partial charge on any atom is -0.386 e. The zero-order valence-corrected chi connectivity index (χ0v) is 13.1. The highest BCUT2D eigenvalue weighted by molar-refractivity contribution is 6.36. The smallest absolute Gasteiger partial charge is 0.255 e. The molecule has 7 heteroatoms. The number of aliphatic hydroxyl groups is 1. The summed E-state index contributed by atoms with van der Waals surface area (Å²) in [6.45, 7) is 3.50.